The lowest BCUT2D eigenvalue weighted by atomic mass is 10.2. The Labute approximate surface area is 205 Å². The van der Waals surface area contributed by atoms with Gasteiger partial charge in [-0.25, -0.2) is 4.98 Å². The summed E-state index contributed by atoms with van der Waals surface area (Å²) < 4.78 is 19.9. The molecule has 182 valence electrons. The Kier molecular flexibility index (Phi) is 6.53. The van der Waals surface area contributed by atoms with E-state index in [0.29, 0.717) is 12.7 Å². The summed E-state index contributed by atoms with van der Waals surface area (Å²) in [7, 11) is 0. The molecule has 0 radical (unpaired) electrons. The molecule has 35 heavy (non-hydrogen) atoms. The summed E-state index contributed by atoms with van der Waals surface area (Å²) in [4.78, 5) is 9.94. The van der Waals surface area contributed by atoms with Crippen molar-refractivity contribution in [3.63, 3.8) is 0 Å². The van der Waals surface area contributed by atoms with Gasteiger partial charge in [-0.3, -0.25) is 9.80 Å². The minimum absolute atomic E-state index is 0.319. The van der Waals surface area contributed by atoms with Crippen LogP contribution in [0.15, 0.2) is 71.1 Å². The van der Waals surface area contributed by atoms with Crippen LogP contribution in [0.3, 0.4) is 0 Å². The van der Waals surface area contributed by atoms with E-state index in [-0.39, 0.29) is 0 Å². The van der Waals surface area contributed by atoms with Crippen molar-refractivity contribution in [3.8, 4) is 5.75 Å². The predicted molar refractivity (Wildman–Crippen MR) is 134 cm³/mol. The number of imidazole rings is 1. The molecule has 6 rings (SSSR count). The summed E-state index contributed by atoms with van der Waals surface area (Å²) in [5, 5.41) is 0. The average molecular weight is 473 g/mol. The zero-order valence-electron chi connectivity index (χ0n) is 20.0. The number of para-hydroxylation sites is 3. The molecule has 1 atom stereocenters. The summed E-state index contributed by atoms with van der Waals surface area (Å²) >= 11 is 0. The van der Waals surface area contributed by atoms with Crippen molar-refractivity contribution in [2.24, 2.45) is 0 Å². The van der Waals surface area contributed by atoms with E-state index in [1.165, 1.54) is 5.52 Å². The van der Waals surface area contributed by atoms with Crippen LogP contribution in [0, 0.1) is 0 Å². The van der Waals surface area contributed by atoms with E-state index in [1.807, 2.05) is 36.4 Å². The van der Waals surface area contributed by atoms with Gasteiger partial charge in [0.05, 0.1) is 36.8 Å². The lowest BCUT2D eigenvalue weighted by molar-refractivity contribution is -0.0592. The fraction of sp³-hybridized carbons (Fsp3) is 0.393. The number of piperazine rings is 1. The Balaban J connectivity index is 1.02. The van der Waals surface area contributed by atoms with E-state index < -0.39 is 0 Å². The topological polar surface area (TPSA) is 55.9 Å². The first kappa shape index (κ1) is 22.3. The summed E-state index contributed by atoms with van der Waals surface area (Å²) in [5.74, 6) is 3.85. The molecule has 2 aromatic carbocycles. The van der Waals surface area contributed by atoms with Gasteiger partial charge in [-0.05, 0) is 42.8 Å². The number of nitrogens with zero attached hydrogens (tertiary/aromatic N) is 4. The Bertz CT molecular complexity index is 1240. The molecule has 7 nitrogen and oxygen atoms in total. The molecule has 0 aliphatic carbocycles. The van der Waals surface area contributed by atoms with E-state index in [0.717, 1.165) is 87.5 Å². The number of benzene rings is 2. The van der Waals surface area contributed by atoms with Crippen LogP contribution in [-0.4, -0.2) is 58.2 Å². The quantitative estimate of drug-likeness (QED) is 0.362. The molecule has 2 saturated heterocycles. The lowest BCUT2D eigenvalue weighted by Gasteiger charge is -2.34. The van der Waals surface area contributed by atoms with E-state index >= 15 is 0 Å². The van der Waals surface area contributed by atoms with Crippen molar-refractivity contribution in [1.29, 1.82) is 0 Å². The predicted octanol–water partition coefficient (Wildman–Crippen LogP) is 4.32. The van der Waals surface area contributed by atoms with Gasteiger partial charge in [-0.1, -0.05) is 30.3 Å². The molecule has 7 heteroatoms. The number of ether oxygens (including phenoxy) is 2. The van der Waals surface area contributed by atoms with Crippen molar-refractivity contribution < 1.29 is 13.9 Å². The number of hydrogen-bond donors (Lipinski definition) is 0. The summed E-state index contributed by atoms with van der Waals surface area (Å²) in [6.07, 6.45) is 1.46. The minimum atomic E-state index is 0.319. The van der Waals surface area contributed by atoms with Gasteiger partial charge >= 0.3 is 0 Å². The largest absolute Gasteiger partial charge is 0.486 e. The molecule has 0 amide bonds. The van der Waals surface area contributed by atoms with E-state index in [2.05, 4.69) is 44.7 Å². The van der Waals surface area contributed by atoms with Gasteiger partial charge in [0.2, 0.25) is 0 Å². The minimum Gasteiger partial charge on any atom is -0.486 e. The van der Waals surface area contributed by atoms with Crippen LogP contribution in [-0.2, 0) is 31.0 Å². The summed E-state index contributed by atoms with van der Waals surface area (Å²) in [6.45, 7) is 8.00. The molecule has 2 aliphatic heterocycles. The highest BCUT2D eigenvalue weighted by Gasteiger charge is 2.24. The molecule has 0 saturated carbocycles. The van der Waals surface area contributed by atoms with Crippen molar-refractivity contribution in [3.05, 3.63) is 84.1 Å². The molecular weight excluding hydrogens is 440 g/mol. The van der Waals surface area contributed by atoms with Gasteiger partial charge in [-0.15, -0.1) is 0 Å². The molecule has 4 aromatic rings. The molecule has 4 heterocycles. The van der Waals surface area contributed by atoms with Crippen molar-refractivity contribution >= 4 is 11.0 Å². The first-order chi connectivity index (χ1) is 17.3. The van der Waals surface area contributed by atoms with Crippen LogP contribution in [0.1, 0.15) is 23.8 Å². The Morgan fingerprint density at radius 1 is 0.829 bits per heavy atom. The third-order valence-electron chi connectivity index (χ3n) is 6.96. The number of rotatable bonds is 9. The third kappa shape index (κ3) is 5.27. The molecule has 2 aliphatic rings. The highest BCUT2D eigenvalue weighted by Crippen LogP contribution is 2.22. The van der Waals surface area contributed by atoms with Gasteiger partial charge in [0.15, 0.2) is 0 Å². The Hall–Kier alpha value is -3.13. The first-order valence-electron chi connectivity index (χ1n) is 12.6. The molecular formula is C28H32N4O3. The molecule has 2 fully saturated rings. The van der Waals surface area contributed by atoms with Crippen LogP contribution in [0.25, 0.3) is 11.0 Å². The van der Waals surface area contributed by atoms with Gasteiger partial charge in [-0.2, -0.15) is 0 Å². The maximum atomic E-state index is 6.03. The maximum Gasteiger partial charge on any atom is 0.146 e. The third-order valence-corrected chi connectivity index (χ3v) is 6.96. The van der Waals surface area contributed by atoms with Crippen molar-refractivity contribution in [2.45, 2.75) is 38.8 Å². The zero-order chi connectivity index (χ0) is 23.5. The van der Waals surface area contributed by atoms with Crippen LogP contribution >= 0.6 is 0 Å². The summed E-state index contributed by atoms with van der Waals surface area (Å²) in [5.41, 5.74) is 2.28. The fourth-order valence-corrected chi connectivity index (χ4v) is 4.86. The van der Waals surface area contributed by atoms with E-state index in [1.54, 1.807) is 0 Å². The fourth-order valence-electron chi connectivity index (χ4n) is 4.86. The Morgan fingerprint density at radius 2 is 1.54 bits per heavy atom. The number of furan rings is 1. The zero-order valence-corrected chi connectivity index (χ0v) is 20.0. The second kappa shape index (κ2) is 10.2. The van der Waals surface area contributed by atoms with Crippen molar-refractivity contribution in [2.75, 3.05) is 32.8 Å². The SMILES string of the molecule is c1ccc(OCc2ccc(CN3CCN(Cc4nc5ccccc5n4C[C@@H]4CCO4)CC3)o2)cc1. The first-order valence-corrected chi connectivity index (χ1v) is 12.6. The van der Waals surface area contributed by atoms with E-state index in [9.17, 15) is 0 Å². The molecule has 0 unspecified atom stereocenters. The lowest BCUT2D eigenvalue weighted by Crippen LogP contribution is -2.45. The van der Waals surface area contributed by atoms with Crippen LogP contribution in [0.5, 0.6) is 5.75 Å². The standard InChI is InChI=1S/C28H32N4O3/c1-2-6-22(7-3-1)34-21-25-11-10-24(35-25)18-30-13-15-31(16-14-30)20-28-29-26-8-4-5-9-27(26)32(28)19-23-12-17-33-23/h1-11,23H,12-21H2/t23-/m0/s1. The Morgan fingerprint density at radius 3 is 2.31 bits per heavy atom. The van der Waals surface area contributed by atoms with Gasteiger partial charge in [0.1, 0.15) is 29.7 Å². The normalized spacial score (nSPS) is 19.1. The van der Waals surface area contributed by atoms with Crippen LogP contribution in [0.4, 0.5) is 0 Å². The number of aromatic nitrogens is 2. The highest BCUT2D eigenvalue weighted by atomic mass is 16.5. The van der Waals surface area contributed by atoms with E-state index in [4.69, 9.17) is 18.9 Å². The van der Waals surface area contributed by atoms with Crippen LogP contribution < -0.4 is 4.74 Å². The molecule has 2 aromatic heterocycles. The smallest absolute Gasteiger partial charge is 0.146 e. The maximum absolute atomic E-state index is 6.03. The summed E-state index contributed by atoms with van der Waals surface area (Å²) in [6, 6.07) is 22.4. The molecule has 0 N–H and O–H groups in total. The highest BCUT2D eigenvalue weighted by molar-refractivity contribution is 5.75. The average Bonchev–Trinajstić information content (AvgIpc) is 3.46. The number of hydrogen-bond acceptors (Lipinski definition) is 6. The second-order valence-corrected chi connectivity index (χ2v) is 9.43. The van der Waals surface area contributed by atoms with Crippen molar-refractivity contribution in [1.82, 2.24) is 19.4 Å². The van der Waals surface area contributed by atoms with Crippen LogP contribution in [0.2, 0.25) is 0 Å². The monoisotopic (exact) mass is 472 g/mol. The molecule has 0 bridgehead atoms. The molecule has 0 spiro atoms. The number of fused-ring (bicyclic) bond motifs is 1. The van der Waals surface area contributed by atoms with Gasteiger partial charge < -0.3 is 18.5 Å². The second-order valence-electron chi connectivity index (χ2n) is 9.43. The van der Waals surface area contributed by atoms with Gasteiger partial charge in [0, 0.05) is 32.8 Å². The van der Waals surface area contributed by atoms with Gasteiger partial charge in [0.25, 0.3) is 0 Å².